The first-order chi connectivity index (χ1) is 6.02. The van der Waals surface area contributed by atoms with E-state index in [1.165, 1.54) is 0 Å². The normalized spacial score (nSPS) is 10.1. The fraction of sp³-hybridized carbons (Fsp3) is 0.750. The van der Waals surface area contributed by atoms with Gasteiger partial charge in [0.2, 0.25) is 5.91 Å². The Morgan fingerprint density at radius 1 is 1.38 bits per heavy atom. The van der Waals surface area contributed by atoms with Crippen molar-refractivity contribution >= 4 is 11.9 Å². The van der Waals surface area contributed by atoms with Gasteiger partial charge in [0, 0.05) is 12.5 Å². The molecule has 0 atom stereocenters. The predicted octanol–water partition coefficient (Wildman–Crippen LogP) is -0.0405. The first kappa shape index (κ1) is 11.9. The van der Waals surface area contributed by atoms with Crippen LogP contribution in [0.2, 0.25) is 0 Å². The lowest BCUT2D eigenvalue weighted by Gasteiger charge is -2.06. The second-order valence-corrected chi connectivity index (χ2v) is 3.12. The van der Waals surface area contributed by atoms with Crippen LogP contribution < -0.4 is 16.4 Å². The number of carbonyl (C=O) groups is 2. The summed E-state index contributed by atoms with van der Waals surface area (Å²) in [7, 11) is 0. The maximum Gasteiger partial charge on any atom is 0.318 e. The van der Waals surface area contributed by atoms with Gasteiger partial charge >= 0.3 is 6.03 Å². The number of nitrogens with two attached hydrogens (primary N) is 1. The fourth-order valence-electron chi connectivity index (χ4n) is 0.840. The number of primary amides is 1. The quantitative estimate of drug-likeness (QED) is 0.528. The second-order valence-electron chi connectivity index (χ2n) is 3.12. The maximum atomic E-state index is 10.9. The van der Waals surface area contributed by atoms with Crippen LogP contribution in [-0.2, 0) is 4.79 Å². The van der Waals surface area contributed by atoms with Crippen LogP contribution in [0.25, 0.3) is 0 Å². The monoisotopic (exact) mass is 187 g/mol. The van der Waals surface area contributed by atoms with Crippen LogP contribution in [0.5, 0.6) is 0 Å². The molecule has 4 N–H and O–H groups in total. The molecular weight excluding hydrogens is 170 g/mol. The fourth-order valence-corrected chi connectivity index (χ4v) is 0.840. The highest BCUT2D eigenvalue weighted by atomic mass is 16.2. The minimum Gasteiger partial charge on any atom is -0.351 e. The van der Waals surface area contributed by atoms with Crippen LogP contribution in [0.3, 0.4) is 0 Å². The molecule has 3 amide bonds. The first-order valence-corrected chi connectivity index (χ1v) is 4.35. The molecule has 13 heavy (non-hydrogen) atoms. The Kier molecular flexibility index (Phi) is 5.88. The number of carbonyl (C=O) groups excluding carboxylic acids is 2. The van der Waals surface area contributed by atoms with Crippen LogP contribution in [0, 0.1) is 0 Å². The summed E-state index contributed by atoms with van der Waals surface area (Å²) in [5.41, 5.74) is 4.76. The molecule has 0 radical (unpaired) electrons. The van der Waals surface area contributed by atoms with Crippen molar-refractivity contribution in [3.8, 4) is 0 Å². The number of hydrogen-bond acceptors (Lipinski definition) is 3. The summed E-state index contributed by atoms with van der Waals surface area (Å²) in [4.78, 5) is 21.1. The van der Waals surface area contributed by atoms with E-state index in [-0.39, 0.29) is 5.91 Å². The summed E-state index contributed by atoms with van der Waals surface area (Å²) in [6, 6.07) is -0.374. The van der Waals surface area contributed by atoms with Crippen molar-refractivity contribution in [2.24, 2.45) is 5.73 Å². The van der Waals surface area contributed by atoms with Gasteiger partial charge in [-0.3, -0.25) is 10.1 Å². The average molecular weight is 187 g/mol. The molecule has 0 aliphatic heterocycles. The lowest BCUT2D eigenvalue weighted by molar-refractivity contribution is -0.120. The third kappa shape index (κ3) is 8.81. The van der Waals surface area contributed by atoms with E-state index in [1.807, 2.05) is 19.2 Å². The Morgan fingerprint density at radius 3 is 2.46 bits per heavy atom. The van der Waals surface area contributed by atoms with Crippen molar-refractivity contribution in [1.82, 2.24) is 10.6 Å². The highest BCUT2D eigenvalue weighted by molar-refractivity contribution is 5.93. The molecule has 5 nitrogen and oxygen atoms in total. The number of hydrogen-bond donors (Lipinski definition) is 3. The lowest BCUT2D eigenvalue weighted by atomic mass is 10.3. The topological polar surface area (TPSA) is 84.2 Å². The number of imide groups is 1. The summed E-state index contributed by atoms with van der Waals surface area (Å²) in [5, 5.41) is 5.16. The van der Waals surface area contributed by atoms with Gasteiger partial charge in [-0.1, -0.05) is 13.8 Å². The predicted molar refractivity (Wildman–Crippen MR) is 50.1 cm³/mol. The number of nitrogens with one attached hydrogen (secondary N) is 2. The van der Waals surface area contributed by atoms with Crippen LogP contribution in [0.15, 0.2) is 0 Å². The highest BCUT2D eigenvalue weighted by Crippen LogP contribution is 1.87. The van der Waals surface area contributed by atoms with E-state index in [0.717, 1.165) is 6.54 Å². The van der Waals surface area contributed by atoms with Crippen molar-refractivity contribution in [1.29, 1.82) is 0 Å². The van der Waals surface area contributed by atoms with E-state index >= 15 is 0 Å². The smallest absolute Gasteiger partial charge is 0.318 e. The summed E-state index contributed by atoms with van der Waals surface area (Å²) in [6.07, 6.45) is 1.03. The van der Waals surface area contributed by atoms with Crippen LogP contribution in [0.1, 0.15) is 26.7 Å². The van der Waals surface area contributed by atoms with Crippen LogP contribution in [0.4, 0.5) is 4.79 Å². The van der Waals surface area contributed by atoms with Gasteiger partial charge in [0.25, 0.3) is 0 Å². The van der Waals surface area contributed by atoms with Crippen molar-refractivity contribution in [2.45, 2.75) is 32.7 Å². The molecule has 0 spiro atoms. The number of amides is 3. The van der Waals surface area contributed by atoms with E-state index < -0.39 is 6.03 Å². The van der Waals surface area contributed by atoms with Gasteiger partial charge in [-0.2, -0.15) is 0 Å². The summed E-state index contributed by atoms with van der Waals surface area (Å²) in [6.45, 7) is 4.83. The minimum absolute atomic E-state index is 0.321. The van der Waals surface area contributed by atoms with Crippen molar-refractivity contribution < 1.29 is 9.59 Å². The molecule has 0 aromatic heterocycles. The molecule has 0 aromatic rings. The maximum absolute atomic E-state index is 10.9. The SMILES string of the molecule is CC(C)NCCCC(=O)NC(N)=O. The molecule has 0 saturated heterocycles. The van der Waals surface area contributed by atoms with Gasteiger partial charge in [0.05, 0.1) is 0 Å². The van der Waals surface area contributed by atoms with Gasteiger partial charge in [-0.05, 0) is 13.0 Å². The van der Waals surface area contributed by atoms with E-state index in [4.69, 9.17) is 5.73 Å². The molecule has 5 heteroatoms. The van der Waals surface area contributed by atoms with Gasteiger partial charge in [0.1, 0.15) is 0 Å². The molecular formula is C8H17N3O2. The van der Waals surface area contributed by atoms with E-state index in [1.54, 1.807) is 0 Å². The minimum atomic E-state index is -0.790. The first-order valence-electron chi connectivity index (χ1n) is 4.35. The number of urea groups is 1. The Labute approximate surface area is 78.1 Å². The second kappa shape index (κ2) is 6.42. The molecule has 0 rings (SSSR count). The Balaban J connectivity index is 3.32. The standard InChI is InChI=1S/C8H17N3O2/c1-6(2)10-5-3-4-7(12)11-8(9)13/h6,10H,3-5H2,1-2H3,(H3,9,11,12,13). The van der Waals surface area contributed by atoms with E-state index in [9.17, 15) is 9.59 Å². The molecule has 0 heterocycles. The molecule has 76 valence electrons. The third-order valence-electron chi connectivity index (χ3n) is 1.40. The van der Waals surface area contributed by atoms with Crippen molar-refractivity contribution in [2.75, 3.05) is 6.54 Å². The third-order valence-corrected chi connectivity index (χ3v) is 1.40. The largest absolute Gasteiger partial charge is 0.351 e. The summed E-state index contributed by atoms with van der Waals surface area (Å²) in [5.74, 6) is -0.321. The molecule has 0 unspecified atom stereocenters. The Hall–Kier alpha value is -1.10. The lowest BCUT2D eigenvalue weighted by Crippen LogP contribution is -2.35. The molecule has 0 aliphatic carbocycles. The Bertz CT molecular complexity index is 180. The van der Waals surface area contributed by atoms with Gasteiger partial charge in [-0.15, -0.1) is 0 Å². The van der Waals surface area contributed by atoms with Crippen molar-refractivity contribution in [3.05, 3.63) is 0 Å². The van der Waals surface area contributed by atoms with Gasteiger partial charge in [0.15, 0.2) is 0 Å². The van der Waals surface area contributed by atoms with E-state index in [2.05, 4.69) is 5.32 Å². The van der Waals surface area contributed by atoms with Gasteiger partial charge in [-0.25, -0.2) is 4.79 Å². The van der Waals surface area contributed by atoms with Gasteiger partial charge < -0.3 is 11.1 Å². The zero-order chi connectivity index (χ0) is 10.3. The average Bonchev–Trinajstić information content (AvgIpc) is 1.96. The van der Waals surface area contributed by atoms with Crippen molar-refractivity contribution in [3.63, 3.8) is 0 Å². The number of rotatable bonds is 5. The zero-order valence-corrected chi connectivity index (χ0v) is 8.09. The highest BCUT2D eigenvalue weighted by Gasteiger charge is 2.02. The van der Waals surface area contributed by atoms with Crippen LogP contribution in [-0.4, -0.2) is 24.5 Å². The van der Waals surface area contributed by atoms with E-state index in [0.29, 0.717) is 18.9 Å². The molecule has 0 aliphatic rings. The summed E-state index contributed by atoms with van der Waals surface area (Å²) >= 11 is 0. The summed E-state index contributed by atoms with van der Waals surface area (Å²) < 4.78 is 0. The molecule has 0 aromatic carbocycles. The van der Waals surface area contributed by atoms with Crippen LogP contribution >= 0.6 is 0 Å². The molecule has 0 bridgehead atoms. The zero-order valence-electron chi connectivity index (χ0n) is 8.09. The molecule has 0 fully saturated rings. The molecule has 0 saturated carbocycles. The Morgan fingerprint density at radius 2 is 2.00 bits per heavy atom.